The van der Waals surface area contributed by atoms with E-state index in [9.17, 15) is 13.6 Å². The molecule has 0 saturated carbocycles. The molecule has 6 heteroatoms. The van der Waals surface area contributed by atoms with Crippen LogP contribution in [0.2, 0.25) is 0 Å². The van der Waals surface area contributed by atoms with Crippen molar-refractivity contribution in [3.8, 4) is 0 Å². The summed E-state index contributed by atoms with van der Waals surface area (Å²) in [5.74, 6) is -0.388. The highest BCUT2D eigenvalue weighted by Gasteiger charge is 2.31. The van der Waals surface area contributed by atoms with E-state index in [1.165, 1.54) is 0 Å². The molecule has 15 heavy (non-hydrogen) atoms. The van der Waals surface area contributed by atoms with E-state index in [2.05, 4.69) is 10.6 Å². The second-order valence-electron chi connectivity index (χ2n) is 3.50. The lowest BCUT2D eigenvalue weighted by molar-refractivity contribution is -0.125. The van der Waals surface area contributed by atoms with Gasteiger partial charge in [-0.2, -0.15) is 0 Å². The summed E-state index contributed by atoms with van der Waals surface area (Å²) in [7, 11) is 0. The van der Waals surface area contributed by atoms with Crippen LogP contribution >= 0.6 is 12.4 Å². The van der Waals surface area contributed by atoms with Gasteiger partial charge in [0.2, 0.25) is 5.91 Å². The molecule has 2 atom stereocenters. The molecule has 2 unspecified atom stereocenters. The summed E-state index contributed by atoms with van der Waals surface area (Å²) in [4.78, 5) is 11.4. The molecular formula is C9H17ClF2N2O. The van der Waals surface area contributed by atoms with Crippen molar-refractivity contribution in [1.82, 2.24) is 10.6 Å². The van der Waals surface area contributed by atoms with Crippen LogP contribution in [-0.2, 0) is 4.79 Å². The molecule has 1 heterocycles. The predicted octanol–water partition coefficient (Wildman–Crippen LogP) is 1.18. The number of alkyl halides is 2. The molecule has 1 aliphatic heterocycles. The van der Waals surface area contributed by atoms with Gasteiger partial charge >= 0.3 is 0 Å². The third-order valence-corrected chi connectivity index (χ3v) is 2.55. The standard InChI is InChI=1S/C9H16F2N2O.ClH/c1-2-7-6(3-4-12-7)9(14)13-5-8(10)11;/h6-8,12H,2-5H2,1H3,(H,13,14);1H. The lowest BCUT2D eigenvalue weighted by Crippen LogP contribution is -2.39. The molecule has 1 amide bonds. The molecule has 0 aromatic heterocycles. The Bertz CT molecular complexity index is 205. The smallest absolute Gasteiger partial charge is 0.255 e. The summed E-state index contributed by atoms with van der Waals surface area (Å²) in [6.45, 7) is 2.24. The highest BCUT2D eigenvalue weighted by atomic mass is 35.5. The van der Waals surface area contributed by atoms with Gasteiger partial charge in [0, 0.05) is 6.04 Å². The Kier molecular flexibility index (Phi) is 6.76. The molecule has 0 aromatic rings. The second kappa shape index (κ2) is 6.95. The first-order valence-corrected chi connectivity index (χ1v) is 4.94. The molecule has 0 aromatic carbocycles. The van der Waals surface area contributed by atoms with E-state index in [0.717, 1.165) is 19.4 Å². The first-order valence-electron chi connectivity index (χ1n) is 4.94. The SMILES string of the molecule is CCC1NCCC1C(=O)NCC(F)F.Cl. The van der Waals surface area contributed by atoms with E-state index >= 15 is 0 Å². The number of halogens is 3. The van der Waals surface area contributed by atoms with E-state index in [0.29, 0.717) is 0 Å². The van der Waals surface area contributed by atoms with Gasteiger partial charge in [0.1, 0.15) is 0 Å². The Balaban J connectivity index is 0.00000196. The van der Waals surface area contributed by atoms with E-state index in [1.54, 1.807) is 0 Å². The minimum atomic E-state index is -2.46. The molecule has 90 valence electrons. The molecule has 1 saturated heterocycles. The van der Waals surface area contributed by atoms with Gasteiger partial charge in [-0.1, -0.05) is 6.92 Å². The molecule has 0 bridgehead atoms. The summed E-state index contributed by atoms with van der Waals surface area (Å²) in [6.07, 6.45) is -0.867. The van der Waals surface area contributed by atoms with Gasteiger partial charge in [0.05, 0.1) is 12.5 Å². The largest absolute Gasteiger partial charge is 0.350 e. The third kappa shape index (κ3) is 4.30. The molecular weight excluding hydrogens is 226 g/mol. The van der Waals surface area contributed by atoms with Crippen molar-refractivity contribution in [3.63, 3.8) is 0 Å². The van der Waals surface area contributed by atoms with Gasteiger partial charge in [-0.15, -0.1) is 12.4 Å². The van der Waals surface area contributed by atoms with E-state index < -0.39 is 13.0 Å². The lowest BCUT2D eigenvalue weighted by Gasteiger charge is -2.17. The van der Waals surface area contributed by atoms with Gasteiger partial charge in [-0.05, 0) is 19.4 Å². The van der Waals surface area contributed by atoms with Gasteiger partial charge in [-0.3, -0.25) is 4.79 Å². The number of nitrogens with one attached hydrogen (secondary N) is 2. The van der Waals surface area contributed by atoms with Gasteiger partial charge in [-0.25, -0.2) is 8.78 Å². The summed E-state index contributed by atoms with van der Waals surface area (Å²) < 4.78 is 23.7. The average Bonchev–Trinajstić information content (AvgIpc) is 2.61. The molecule has 1 aliphatic rings. The minimum absolute atomic E-state index is 0. The number of carbonyl (C=O) groups excluding carboxylic acids is 1. The predicted molar refractivity (Wildman–Crippen MR) is 56.5 cm³/mol. The molecule has 2 N–H and O–H groups in total. The maximum absolute atomic E-state index is 11.8. The van der Waals surface area contributed by atoms with Crippen LogP contribution in [0, 0.1) is 5.92 Å². The van der Waals surface area contributed by atoms with Crippen LogP contribution in [0.5, 0.6) is 0 Å². The fourth-order valence-corrected chi connectivity index (χ4v) is 1.82. The normalized spacial score (nSPS) is 25.1. The summed E-state index contributed by atoms with van der Waals surface area (Å²) in [5, 5.41) is 5.44. The van der Waals surface area contributed by atoms with Gasteiger partial charge < -0.3 is 10.6 Å². The Morgan fingerprint density at radius 2 is 2.27 bits per heavy atom. The maximum atomic E-state index is 11.8. The average molecular weight is 243 g/mol. The summed E-state index contributed by atoms with van der Waals surface area (Å²) in [6, 6.07) is 0.146. The molecule has 1 fully saturated rings. The highest BCUT2D eigenvalue weighted by molar-refractivity contribution is 5.85. The second-order valence-corrected chi connectivity index (χ2v) is 3.50. The van der Waals surface area contributed by atoms with Gasteiger partial charge in [0.25, 0.3) is 6.43 Å². The van der Waals surface area contributed by atoms with Gasteiger partial charge in [0.15, 0.2) is 0 Å². The van der Waals surface area contributed by atoms with Crippen LogP contribution in [0.4, 0.5) is 8.78 Å². The summed E-state index contributed by atoms with van der Waals surface area (Å²) in [5.41, 5.74) is 0. The quantitative estimate of drug-likeness (QED) is 0.777. The monoisotopic (exact) mass is 242 g/mol. The van der Waals surface area contributed by atoms with E-state index in [-0.39, 0.29) is 30.3 Å². The Hall–Kier alpha value is -0.420. The maximum Gasteiger partial charge on any atom is 0.255 e. The van der Waals surface area contributed by atoms with Crippen molar-refractivity contribution >= 4 is 18.3 Å². The number of hydrogen-bond donors (Lipinski definition) is 2. The fourth-order valence-electron chi connectivity index (χ4n) is 1.82. The van der Waals surface area contributed by atoms with Crippen LogP contribution in [-0.4, -0.2) is 31.5 Å². The zero-order valence-electron chi connectivity index (χ0n) is 8.63. The van der Waals surface area contributed by atoms with Crippen molar-refractivity contribution < 1.29 is 13.6 Å². The Morgan fingerprint density at radius 1 is 1.60 bits per heavy atom. The van der Waals surface area contributed by atoms with Crippen LogP contribution in [0.3, 0.4) is 0 Å². The van der Waals surface area contributed by atoms with Crippen molar-refractivity contribution in [2.75, 3.05) is 13.1 Å². The van der Waals surface area contributed by atoms with Crippen LogP contribution in [0.1, 0.15) is 19.8 Å². The van der Waals surface area contributed by atoms with Crippen molar-refractivity contribution in [1.29, 1.82) is 0 Å². The highest BCUT2D eigenvalue weighted by Crippen LogP contribution is 2.18. The Morgan fingerprint density at radius 3 is 2.80 bits per heavy atom. The molecule has 0 radical (unpaired) electrons. The van der Waals surface area contributed by atoms with Crippen LogP contribution in [0.15, 0.2) is 0 Å². The van der Waals surface area contributed by atoms with Crippen molar-refractivity contribution in [3.05, 3.63) is 0 Å². The third-order valence-electron chi connectivity index (χ3n) is 2.55. The number of rotatable bonds is 4. The lowest BCUT2D eigenvalue weighted by atomic mass is 9.98. The van der Waals surface area contributed by atoms with E-state index in [4.69, 9.17) is 0 Å². The zero-order chi connectivity index (χ0) is 10.6. The van der Waals surface area contributed by atoms with Crippen LogP contribution in [0.25, 0.3) is 0 Å². The molecule has 1 rings (SSSR count). The number of carbonyl (C=O) groups is 1. The topological polar surface area (TPSA) is 41.1 Å². The summed E-state index contributed by atoms with van der Waals surface area (Å²) >= 11 is 0. The fraction of sp³-hybridized carbons (Fsp3) is 0.889. The zero-order valence-corrected chi connectivity index (χ0v) is 9.45. The number of hydrogen-bond acceptors (Lipinski definition) is 2. The van der Waals surface area contributed by atoms with E-state index in [1.807, 2.05) is 6.92 Å². The molecule has 0 spiro atoms. The van der Waals surface area contributed by atoms with Crippen LogP contribution < -0.4 is 10.6 Å². The molecule has 0 aliphatic carbocycles. The van der Waals surface area contributed by atoms with Crippen molar-refractivity contribution in [2.24, 2.45) is 5.92 Å². The van der Waals surface area contributed by atoms with Crippen molar-refractivity contribution in [2.45, 2.75) is 32.2 Å². The molecule has 3 nitrogen and oxygen atoms in total. The number of amides is 1. The minimum Gasteiger partial charge on any atom is -0.350 e. The Labute approximate surface area is 94.4 Å². The first kappa shape index (κ1) is 14.6. The first-order chi connectivity index (χ1) is 6.65.